The highest BCUT2D eigenvalue weighted by Gasteiger charge is 2.16. The van der Waals surface area contributed by atoms with Crippen molar-refractivity contribution in [1.29, 1.82) is 0 Å². The number of rotatable bonds is 1. The van der Waals surface area contributed by atoms with Crippen molar-refractivity contribution in [1.82, 2.24) is 0 Å². The minimum atomic E-state index is -0.0903. The number of hydrogen-bond acceptors (Lipinski definition) is 2. The molecule has 1 unspecified atom stereocenters. The van der Waals surface area contributed by atoms with Gasteiger partial charge in [-0.25, -0.2) is 0 Å². The van der Waals surface area contributed by atoms with Gasteiger partial charge in [0.1, 0.15) is 0 Å². The van der Waals surface area contributed by atoms with Gasteiger partial charge in [-0.2, -0.15) is 0 Å². The van der Waals surface area contributed by atoms with Crippen LogP contribution in [-0.2, 0) is 0 Å². The van der Waals surface area contributed by atoms with Crippen LogP contribution in [0.4, 0.5) is 0 Å². The summed E-state index contributed by atoms with van der Waals surface area (Å²) in [6, 6.07) is 10.1. The molecule has 2 aromatic carbocycles. The van der Waals surface area contributed by atoms with Crippen LogP contribution in [0.15, 0.2) is 41.6 Å². The number of allylic oxidation sites excluding steroid dienone is 1. The second kappa shape index (κ2) is 5.01. The zero-order valence-electron chi connectivity index (χ0n) is 9.38. The van der Waals surface area contributed by atoms with Crippen LogP contribution < -0.4 is 0 Å². The Morgan fingerprint density at radius 2 is 2.06 bits per heavy atom. The molecule has 0 saturated carbocycles. The summed E-state index contributed by atoms with van der Waals surface area (Å²) in [5.41, 5.74) is 3.06. The molecule has 0 amide bonds. The van der Waals surface area contributed by atoms with Gasteiger partial charge in [0, 0.05) is 5.56 Å². The van der Waals surface area contributed by atoms with Crippen LogP contribution in [-0.4, -0.2) is 11.4 Å². The number of benzene rings is 2. The molecule has 0 fully saturated rings. The first kappa shape index (κ1) is 12.9. The Balaban J connectivity index is 0.00000120. The Kier molecular flexibility index (Phi) is 3.60. The van der Waals surface area contributed by atoms with Crippen LogP contribution in [0.2, 0.25) is 0 Å². The Bertz CT molecular complexity index is 650. The average molecular weight is 280 g/mol. The van der Waals surface area contributed by atoms with E-state index in [2.05, 4.69) is 11.2 Å². The van der Waals surface area contributed by atoms with Crippen molar-refractivity contribution in [3.8, 4) is 0 Å². The summed E-state index contributed by atoms with van der Waals surface area (Å²) in [5, 5.41) is 14.0. The van der Waals surface area contributed by atoms with E-state index in [1.165, 1.54) is 6.21 Å². The largest absolute Gasteiger partial charge is 0.411 e. The Morgan fingerprint density at radius 3 is 2.83 bits per heavy atom. The van der Waals surface area contributed by atoms with Gasteiger partial charge in [0.2, 0.25) is 0 Å². The summed E-state index contributed by atoms with van der Waals surface area (Å²) in [5.74, 6) is 0. The first-order valence-electron chi connectivity index (χ1n) is 5.36. The summed E-state index contributed by atoms with van der Waals surface area (Å²) < 4.78 is 0. The Morgan fingerprint density at radius 1 is 1.22 bits per heavy atom. The molecule has 4 heteroatoms. The molecule has 2 nitrogen and oxygen atoms in total. The summed E-state index contributed by atoms with van der Waals surface area (Å²) >= 11 is 6.27. The van der Waals surface area contributed by atoms with E-state index in [0.29, 0.717) is 0 Å². The molecular formula is C14H11Cl2NO. The highest BCUT2D eigenvalue weighted by molar-refractivity contribution is 6.24. The monoisotopic (exact) mass is 279 g/mol. The molecule has 92 valence electrons. The van der Waals surface area contributed by atoms with Crippen molar-refractivity contribution in [2.24, 2.45) is 5.16 Å². The molecule has 0 heterocycles. The molecule has 1 aliphatic rings. The maximum Gasteiger partial charge on any atom is 0.0775 e. The molecule has 2 aromatic rings. The van der Waals surface area contributed by atoms with Gasteiger partial charge in [-0.05, 0) is 21.9 Å². The number of nitrogens with zero attached hydrogens (tertiary/aromatic N) is 1. The lowest BCUT2D eigenvalue weighted by Crippen LogP contribution is -1.99. The third kappa shape index (κ3) is 1.88. The van der Waals surface area contributed by atoms with Gasteiger partial charge >= 0.3 is 0 Å². The molecule has 0 aromatic heterocycles. The lowest BCUT2D eigenvalue weighted by atomic mass is 9.90. The molecule has 1 N–H and O–H groups in total. The third-order valence-corrected chi connectivity index (χ3v) is 3.46. The van der Waals surface area contributed by atoms with Crippen LogP contribution >= 0.6 is 24.0 Å². The predicted octanol–water partition coefficient (Wildman–Crippen LogP) is 4.38. The molecule has 1 atom stereocenters. The number of hydrogen-bond donors (Lipinski definition) is 1. The highest BCUT2D eigenvalue weighted by atomic mass is 35.5. The highest BCUT2D eigenvalue weighted by Crippen LogP contribution is 2.37. The summed E-state index contributed by atoms with van der Waals surface area (Å²) in [4.78, 5) is 0. The quantitative estimate of drug-likeness (QED) is 0.357. The third-order valence-electron chi connectivity index (χ3n) is 3.08. The molecule has 0 aliphatic heterocycles. The summed E-state index contributed by atoms with van der Waals surface area (Å²) in [6.45, 7) is 0. The topological polar surface area (TPSA) is 32.6 Å². The average Bonchev–Trinajstić information content (AvgIpc) is 2.36. The van der Waals surface area contributed by atoms with E-state index in [-0.39, 0.29) is 17.8 Å². The fraction of sp³-hybridized carbons (Fsp3) is 0.0714. The molecule has 3 rings (SSSR count). The predicted molar refractivity (Wildman–Crippen MR) is 78.2 cm³/mol. The molecule has 0 radical (unpaired) electrons. The lowest BCUT2D eigenvalue weighted by molar-refractivity contribution is 0.322. The van der Waals surface area contributed by atoms with Crippen LogP contribution in [0.25, 0.3) is 16.8 Å². The van der Waals surface area contributed by atoms with Gasteiger partial charge < -0.3 is 5.21 Å². The van der Waals surface area contributed by atoms with Crippen LogP contribution in [0.3, 0.4) is 0 Å². The van der Waals surface area contributed by atoms with E-state index in [4.69, 9.17) is 16.8 Å². The minimum Gasteiger partial charge on any atom is -0.411 e. The van der Waals surface area contributed by atoms with Gasteiger partial charge in [-0.1, -0.05) is 47.6 Å². The maximum atomic E-state index is 8.67. The number of halogens is 2. The standard InChI is InChI=1S/C14H10ClNO.ClH/c15-13-7-6-11-10(8-16-17)5-4-9-2-1-3-12(13)14(9)11;/h1-8,13,17H;1H. The van der Waals surface area contributed by atoms with Crippen LogP contribution in [0.5, 0.6) is 0 Å². The van der Waals surface area contributed by atoms with Crippen molar-refractivity contribution in [3.05, 3.63) is 53.1 Å². The molecular weight excluding hydrogens is 269 g/mol. The van der Waals surface area contributed by atoms with E-state index in [1.54, 1.807) is 0 Å². The van der Waals surface area contributed by atoms with E-state index in [0.717, 1.165) is 27.5 Å². The van der Waals surface area contributed by atoms with E-state index in [9.17, 15) is 0 Å². The van der Waals surface area contributed by atoms with E-state index in [1.807, 2.05) is 36.4 Å². The van der Waals surface area contributed by atoms with Crippen molar-refractivity contribution in [3.63, 3.8) is 0 Å². The SMILES string of the molecule is Cl.ON=Cc1ccc2cccc3c2c1C=CC3Cl. The van der Waals surface area contributed by atoms with E-state index >= 15 is 0 Å². The van der Waals surface area contributed by atoms with Crippen LogP contribution in [0.1, 0.15) is 22.1 Å². The minimum absolute atomic E-state index is 0. The Hall–Kier alpha value is -1.51. The lowest BCUT2D eigenvalue weighted by Gasteiger charge is -2.18. The molecule has 0 bridgehead atoms. The summed E-state index contributed by atoms with van der Waals surface area (Å²) in [7, 11) is 0. The maximum absolute atomic E-state index is 8.67. The normalized spacial score (nSPS) is 17.1. The summed E-state index contributed by atoms with van der Waals surface area (Å²) in [6.07, 6.45) is 5.39. The molecule has 18 heavy (non-hydrogen) atoms. The van der Waals surface area contributed by atoms with Gasteiger partial charge in [0.25, 0.3) is 0 Å². The van der Waals surface area contributed by atoms with Gasteiger partial charge in [-0.3, -0.25) is 0 Å². The first-order chi connectivity index (χ1) is 8.31. The van der Waals surface area contributed by atoms with E-state index < -0.39 is 0 Å². The smallest absolute Gasteiger partial charge is 0.0775 e. The zero-order chi connectivity index (χ0) is 11.8. The van der Waals surface area contributed by atoms with Crippen molar-refractivity contribution in [2.75, 3.05) is 0 Å². The zero-order valence-corrected chi connectivity index (χ0v) is 10.9. The molecule has 0 spiro atoms. The van der Waals surface area contributed by atoms with Crippen molar-refractivity contribution in [2.45, 2.75) is 5.38 Å². The molecule has 0 saturated heterocycles. The second-order valence-electron chi connectivity index (χ2n) is 4.02. The van der Waals surface area contributed by atoms with Gasteiger partial charge in [-0.15, -0.1) is 24.0 Å². The van der Waals surface area contributed by atoms with Gasteiger partial charge in [0.05, 0.1) is 11.6 Å². The van der Waals surface area contributed by atoms with Crippen molar-refractivity contribution < 1.29 is 5.21 Å². The van der Waals surface area contributed by atoms with Crippen molar-refractivity contribution >= 4 is 47.1 Å². The van der Waals surface area contributed by atoms with Gasteiger partial charge in [0.15, 0.2) is 0 Å². The second-order valence-corrected chi connectivity index (χ2v) is 4.49. The number of alkyl halides is 1. The fourth-order valence-corrected chi connectivity index (χ4v) is 2.58. The molecule has 1 aliphatic carbocycles. The van der Waals surface area contributed by atoms with Crippen LogP contribution in [0, 0.1) is 0 Å². The Labute approximate surface area is 116 Å². The fourth-order valence-electron chi connectivity index (χ4n) is 2.32. The first-order valence-corrected chi connectivity index (χ1v) is 5.80. The number of oxime groups is 1.